The summed E-state index contributed by atoms with van der Waals surface area (Å²) in [6.07, 6.45) is 3.87. The third-order valence-corrected chi connectivity index (χ3v) is 6.23. The number of carbonyl (C=O) groups excluding carboxylic acids is 1. The van der Waals surface area contributed by atoms with E-state index in [9.17, 15) is 9.59 Å². The van der Waals surface area contributed by atoms with Gasteiger partial charge in [-0.1, -0.05) is 65.7 Å². The maximum atomic E-state index is 13.7. The number of nitrogens with two attached hydrogens (primary N) is 1. The van der Waals surface area contributed by atoms with Gasteiger partial charge in [-0.25, -0.2) is 4.52 Å². The third-order valence-electron chi connectivity index (χ3n) is 5.92. The Morgan fingerprint density at radius 3 is 2.54 bits per heavy atom. The predicted octanol–water partition coefficient (Wildman–Crippen LogP) is 4.22. The lowest BCUT2D eigenvalue weighted by atomic mass is 10.1. The minimum Gasteiger partial charge on any atom is -0.330 e. The molecular formula is C27H28ClN5O2. The average molecular weight is 490 g/mol. The van der Waals surface area contributed by atoms with Crippen molar-refractivity contribution in [2.24, 2.45) is 5.73 Å². The molecule has 0 fully saturated rings. The standard InChI is InChI=1S/C27H28ClN5O2/c1-3-23(31(16-7-15-29)26(34)21-12-10-19(2)11-13-21)25-30-33-17-14-22(28)24(33)27(35)32(25)18-20-8-5-4-6-9-20/h3-6,8-14,17,23H,1,7,15-16,18,29H2,2H3. The number of rotatable bonds is 9. The van der Waals surface area contributed by atoms with Gasteiger partial charge in [-0.3, -0.25) is 14.2 Å². The fourth-order valence-electron chi connectivity index (χ4n) is 4.08. The van der Waals surface area contributed by atoms with Gasteiger partial charge in [-0.05, 0) is 43.7 Å². The molecule has 0 saturated carbocycles. The van der Waals surface area contributed by atoms with Crippen molar-refractivity contribution in [3.8, 4) is 0 Å². The van der Waals surface area contributed by atoms with Crippen molar-refractivity contribution < 1.29 is 4.79 Å². The number of hydrogen-bond donors (Lipinski definition) is 1. The lowest BCUT2D eigenvalue weighted by Gasteiger charge is -2.31. The molecule has 0 saturated heterocycles. The van der Waals surface area contributed by atoms with Crippen LogP contribution in [0, 0.1) is 6.92 Å². The lowest BCUT2D eigenvalue weighted by molar-refractivity contribution is 0.0700. The molecule has 1 unspecified atom stereocenters. The SMILES string of the molecule is C=CC(c1nn2ccc(Cl)c2c(=O)n1Cc1ccccc1)N(CCCN)C(=O)c1ccc(C)cc1. The van der Waals surface area contributed by atoms with E-state index >= 15 is 0 Å². The van der Waals surface area contributed by atoms with Gasteiger partial charge in [0, 0.05) is 18.3 Å². The van der Waals surface area contributed by atoms with Gasteiger partial charge in [-0.2, -0.15) is 5.10 Å². The number of hydrogen-bond acceptors (Lipinski definition) is 4. The van der Waals surface area contributed by atoms with Crippen LogP contribution in [0.3, 0.4) is 0 Å². The van der Waals surface area contributed by atoms with Gasteiger partial charge in [0.1, 0.15) is 11.6 Å². The summed E-state index contributed by atoms with van der Waals surface area (Å²) >= 11 is 6.32. The highest BCUT2D eigenvalue weighted by Gasteiger charge is 2.29. The Labute approximate surface area is 209 Å². The molecule has 180 valence electrons. The van der Waals surface area contributed by atoms with Gasteiger partial charge >= 0.3 is 0 Å². The van der Waals surface area contributed by atoms with E-state index in [1.165, 1.54) is 4.52 Å². The maximum absolute atomic E-state index is 13.7. The molecule has 8 heteroatoms. The van der Waals surface area contributed by atoms with E-state index in [2.05, 4.69) is 6.58 Å². The second-order valence-corrected chi connectivity index (χ2v) is 8.79. The molecular weight excluding hydrogens is 462 g/mol. The number of amides is 1. The average Bonchev–Trinajstić information content (AvgIpc) is 3.25. The number of halogens is 1. The van der Waals surface area contributed by atoms with E-state index < -0.39 is 6.04 Å². The van der Waals surface area contributed by atoms with Crippen molar-refractivity contribution >= 4 is 23.0 Å². The molecule has 1 amide bonds. The van der Waals surface area contributed by atoms with Crippen molar-refractivity contribution in [3.05, 3.63) is 117 Å². The van der Waals surface area contributed by atoms with E-state index in [0.29, 0.717) is 35.9 Å². The Morgan fingerprint density at radius 1 is 1.17 bits per heavy atom. The van der Waals surface area contributed by atoms with Crippen LogP contribution in [0.25, 0.3) is 5.52 Å². The van der Waals surface area contributed by atoms with Crippen molar-refractivity contribution in [2.75, 3.05) is 13.1 Å². The van der Waals surface area contributed by atoms with Crippen LogP contribution in [0.1, 0.15) is 39.8 Å². The smallest absolute Gasteiger partial charge is 0.279 e. The molecule has 0 bridgehead atoms. The summed E-state index contributed by atoms with van der Waals surface area (Å²) in [5.74, 6) is 0.209. The first kappa shape index (κ1) is 24.4. The molecule has 7 nitrogen and oxygen atoms in total. The highest BCUT2D eigenvalue weighted by atomic mass is 35.5. The maximum Gasteiger partial charge on any atom is 0.279 e. The number of aryl methyl sites for hydroxylation is 1. The molecule has 4 aromatic rings. The number of fused-ring (bicyclic) bond motifs is 1. The highest BCUT2D eigenvalue weighted by Crippen LogP contribution is 2.25. The number of nitrogens with zero attached hydrogens (tertiary/aromatic N) is 4. The summed E-state index contributed by atoms with van der Waals surface area (Å²) in [5.41, 5.74) is 8.31. The second-order valence-electron chi connectivity index (χ2n) is 8.38. The molecule has 2 aromatic heterocycles. The summed E-state index contributed by atoms with van der Waals surface area (Å²) < 4.78 is 3.04. The van der Waals surface area contributed by atoms with Crippen molar-refractivity contribution in [1.82, 2.24) is 19.1 Å². The van der Waals surface area contributed by atoms with Crippen LogP contribution in [0.4, 0.5) is 0 Å². The highest BCUT2D eigenvalue weighted by molar-refractivity contribution is 6.33. The summed E-state index contributed by atoms with van der Waals surface area (Å²) in [7, 11) is 0. The third kappa shape index (κ3) is 5.06. The first-order valence-corrected chi connectivity index (χ1v) is 11.8. The molecule has 1 atom stereocenters. The fraction of sp³-hybridized carbons (Fsp3) is 0.222. The van der Waals surface area contributed by atoms with Crippen LogP contribution in [0.5, 0.6) is 0 Å². The van der Waals surface area contributed by atoms with Crippen molar-refractivity contribution in [2.45, 2.75) is 25.9 Å². The zero-order chi connectivity index (χ0) is 24.9. The lowest BCUT2D eigenvalue weighted by Crippen LogP contribution is -2.40. The quantitative estimate of drug-likeness (QED) is 0.356. The number of aromatic nitrogens is 3. The van der Waals surface area contributed by atoms with Crippen molar-refractivity contribution in [1.29, 1.82) is 0 Å². The van der Waals surface area contributed by atoms with Crippen LogP contribution in [0.15, 0.2) is 84.3 Å². The molecule has 35 heavy (non-hydrogen) atoms. The van der Waals surface area contributed by atoms with Gasteiger partial charge in [0.25, 0.3) is 11.5 Å². The van der Waals surface area contributed by atoms with E-state index in [1.54, 1.807) is 39.9 Å². The molecule has 0 radical (unpaired) electrons. The van der Waals surface area contributed by atoms with Crippen LogP contribution >= 0.6 is 11.6 Å². The minimum absolute atomic E-state index is 0.186. The molecule has 2 N–H and O–H groups in total. The second kappa shape index (κ2) is 10.7. The molecule has 2 heterocycles. The molecule has 0 spiro atoms. The normalized spacial score (nSPS) is 12.0. The Morgan fingerprint density at radius 2 is 1.89 bits per heavy atom. The Hall–Kier alpha value is -3.68. The molecule has 0 aliphatic carbocycles. The minimum atomic E-state index is -0.669. The Bertz CT molecular complexity index is 1390. The predicted molar refractivity (Wildman–Crippen MR) is 139 cm³/mol. The Kier molecular flexibility index (Phi) is 7.48. The zero-order valence-corrected chi connectivity index (χ0v) is 20.4. The van der Waals surface area contributed by atoms with Gasteiger partial charge in [0.2, 0.25) is 0 Å². The summed E-state index contributed by atoms with van der Waals surface area (Å²) in [6, 6.07) is 18.0. The van der Waals surface area contributed by atoms with Gasteiger partial charge in [0.05, 0.1) is 11.6 Å². The van der Waals surface area contributed by atoms with Crippen LogP contribution in [-0.2, 0) is 6.54 Å². The van der Waals surface area contributed by atoms with Crippen LogP contribution < -0.4 is 11.3 Å². The topological polar surface area (TPSA) is 85.6 Å². The van der Waals surface area contributed by atoms with Gasteiger partial charge in [0.15, 0.2) is 5.82 Å². The summed E-state index contributed by atoms with van der Waals surface area (Å²) in [4.78, 5) is 29.0. The summed E-state index contributed by atoms with van der Waals surface area (Å²) in [5, 5.41) is 5.06. The Balaban J connectivity index is 1.87. The first-order chi connectivity index (χ1) is 16.9. The van der Waals surface area contributed by atoms with Crippen LogP contribution in [0.2, 0.25) is 5.02 Å². The first-order valence-electron chi connectivity index (χ1n) is 11.5. The van der Waals surface area contributed by atoms with Gasteiger partial charge in [-0.15, -0.1) is 6.58 Å². The molecule has 4 rings (SSSR count). The van der Waals surface area contributed by atoms with E-state index in [4.69, 9.17) is 22.4 Å². The molecule has 0 aliphatic rings. The van der Waals surface area contributed by atoms with Gasteiger partial charge < -0.3 is 10.6 Å². The monoisotopic (exact) mass is 489 g/mol. The van der Waals surface area contributed by atoms with Crippen LogP contribution in [-0.4, -0.2) is 38.1 Å². The molecule has 0 aliphatic heterocycles. The number of carbonyl (C=O) groups is 1. The van der Waals surface area contributed by atoms with E-state index in [1.807, 2.05) is 49.4 Å². The van der Waals surface area contributed by atoms with Crippen molar-refractivity contribution in [3.63, 3.8) is 0 Å². The number of benzene rings is 2. The largest absolute Gasteiger partial charge is 0.330 e. The fourth-order valence-corrected chi connectivity index (χ4v) is 4.30. The molecule has 2 aromatic carbocycles. The van der Waals surface area contributed by atoms with E-state index in [0.717, 1.165) is 11.1 Å². The van der Waals surface area contributed by atoms with E-state index in [-0.39, 0.29) is 23.5 Å². The summed E-state index contributed by atoms with van der Waals surface area (Å²) in [6.45, 7) is 7.04. The zero-order valence-electron chi connectivity index (χ0n) is 19.6.